The highest BCUT2D eigenvalue weighted by atomic mass is 32.2. The third-order valence-corrected chi connectivity index (χ3v) is 6.24. The molecule has 0 saturated carbocycles. The minimum atomic E-state index is -3.71. The first kappa shape index (κ1) is 23.4. The predicted octanol–water partition coefficient (Wildman–Crippen LogP) is 1.41. The summed E-state index contributed by atoms with van der Waals surface area (Å²) in [6.45, 7) is 1.93. The van der Waals surface area contributed by atoms with Crippen LogP contribution in [0.2, 0.25) is 0 Å². The third kappa shape index (κ3) is 5.69. The zero-order valence-corrected chi connectivity index (χ0v) is 18.4. The number of hydrogen-bond acceptors (Lipinski definition) is 6. The van der Waals surface area contributed by atoms with Gasteiger partial charge in [-0.25, -0.2) is 18.1 Å². The number of carbonyl (C=O) groups is 3. The maximum atomic E-state index is 12.5. The zero-order valence-electron chi connectivity index (χ0n) is 17.6. The Morgan fingerprint density at radius 2 is 1.75 bits per heavy atom. The lowest BCUT2D eigenvalue weighted by Crippen LogP contribution is -2.50. The fraction of sp³-hybridized carbons (Fsp3) is 0.286. The van der Waals surface area contributed by atoms with E-state index in [-0.39, 0.29) is 42.2 Å². The van der Waals surface area contributed by atoms with Gasteiger partial charge in [0, 0.05) is 37.2 Å². The van der Waals surface area contributed by atoms with Gasteiger partial charge in [-0.15, -0.1) is 0 Å². The van der Waals surface area contributed by atoms with Crippen LogP contribution in [0.4, 0.5) is 11.4 Å². The number of sulfonamides is 1. The topological polar surface area (TPSA) is 134 Å². The number of nitrogens with one attached hydrogen (secondary N) is 3. The van der Waals surface area contributed by atoms with E-state index >= 15 is 0 Å². The summed E-state index contributed by atoms with van der Waals surface area (Å²) in [7, 11) is -2.22. The monoisotopic (exact) mass is 460 g/mol. The summed E-state index contributed by atoms with van der Waals surface area (Å²) in [6.07, 6.45) is 0.277. The lowest BCUT2D eigenvalue weighted by molar-refractivity contribution is -0.130. The summed E-state index contributed by atoms with van der Waals surface area (Å²) < 4.78 is 32.2. The van der Waals surface area contributed by atoms with Gasteiger partial charge in [-0.2, -0.15) is 0 Å². The average molecular weight is 461 g/mol. The maximum Gasteiger partial charge on any atom is 0.255 e. The van der Waals surface area contributed by atoms with E-state index in [2.05, 4.69) is 15.5 Å². The van der Waals surface area contributed by atoms with Gasteiger partial charge in [0.1, 0.15) is 0 Å². The van der Waals surface area contributed by atoms with Crippen LogP contribution in [-0.2, 0) is 24.3 Å². The van der Waals surface area contributed by atoms with Gasteiger partial charge in [0.15, 0.2) is 0 Å². The molecule has 170 valence electrons. The summed E-state index contributed by atoms with van der Waals surface area (Å²) in [5, 5.41) is 3.85. The Morgan fingerprint density at radius 1 is 1.09 bits per heavy atom. The summed E-state index contributed by atoms with van der Waals surface area (Å²) in [6, 6.07) is 11.5. The second-order valence-corrected chi connectivity index (χ2v) is 8.98. The molecule has 0 aromatic heterocycles. The molecule has 10 nitrogen and oxygen atoms in total. The molecule has 1 aliphatic rings. The van der Waals surface area contributed by atoms with Crippen LogP contribution in [0.15, 0.2) is 53.4 Å². The van der Waals surface area contributed by atoms with Gasteiger partial charge in [-0.3, -0.25) is 19.8 Å². The highest BCUT2D eigenvalue weighted by Gasteiger charge is 2.24. The van der Waals surface area contributed by atoms with E-state index in [0.29, 0.717) is 16.9 Å². The molecule has 1 unspecified atom stereocenters. The first-order valence-corrected chi connectivity index (χ1v) is 11.3. The normalized spacial score (nSPS) is 15.2. The van der Waals surface area contributed by atoms with E-state index in [4.69, 9.17) is 4.74 Å². The van der Waals surface area contributed by atoms with E-state index in [1.807, 2.05) is 0 Å². The zero-order chi connectivity index (χ0) is 23.3. The van der Waals surface area contributed by atoms with E-state index < -0.39 is 15.9 Å². The number of amides is 3. The highest BCUT2D eigenvalue weighted by molar-refractivity contribution is 7.89. The molecule has 0 radical (unpaired) electrons. The first-order chi connectivity index (χ1) is 15.2. The molecular weight excluding hydrogens is 436 g/mol. The van der Waals surface area contributed by atoms with Crippen LogP contribution < -0.4 is 20.5 Å². The van der Waals surface area contributed by atoms with Crippen molar-refractivity contribution in [1.29, 1.82) is 0 Å². The lowest BCUT2D eigenvalue weighted by atomic mass is 10.1. The van der Waals surface area contributed by atoms with E-state index in [1.54, 1.807) is 19.1 Å². The lowest BCUT2D eigenvalue weighted by Gasteiger charge is -2.27. The molecule has 3 rings (SSSR count). The van der Waals surface area contributed by atoms with Crippen LogP contribution in [0.1, 0.15) is 30.1 Å². The molecule has 0 spiro atoms. The number of anilines is 2. The molecule has 1 heterocycles. The molecule has 3 N–H and O–H groups in total. The third-order valence-electron chi connectivity index (χ3n) is 4.64. The summed E-state index contributed by atoms with van der Waals surface area (Å²) in [5.74, 6) is -0.892. The van der Waals surface area contributed by atoms with E-state index in [9.17, 15) is 22.8 Å². The van der Waals surface area contributed by atoms with Gasteiger partial charge in [0.05, 0.1) is 17.2 Å². The minimum absolute atomic E-state index is 0.0658. The Bertz CT molecular complexity index is 1100. The van der Waals surface area contributed by atoms with E-state index in [0.717, 1.165) is 5.01 Å². The molecule has 1 saturated heterocycles. The Hall–Kier alpha value is -3.28. The number of benzene rings is 2. The second-order valence-electron chi connectivity index (χ2n) is 7.27. The average Bonchev–Trinajstić information content (AvgIpc) is 2.76. The quantitative estimate of drug-likeness (QED) is 0.545. The maximum absolute atomic E-state index is 12.5. The molecule has 3 amide bonds. The van der Waals surface area contributed by atoms with Crippen LogP contribution in [0.25, 0.3) is 0 Å². The number of methoxy groups -OCH3 is 1. The summed E-state index contributed by atoms with van der Waals surface area (Å²) in [4.78, 5) is 36.1. The molecule has 0 aliphatic carbocycles. The fourth-order valence-corrected chi connectivity index (χ4v) is 4.31. The minimum Gasteiger partial charge on any atom is -0.383 e. The van der Waals surface area contributed by atoms with Gasteiger partial charge in [-0.1, -0.05) is 0 Å². The van der Waals surface area contributed by atoms with Crippen molar-refractivity contribution < 1.29 is 27.5 Å². The molecule has 0 bridgehead atoms. The van der Waals surface area contributed by atoms with Crippen molar-refractivity contribution in [2.24, 2.45) is 0 Å². The Balaban J connectivity index is 1.64. The van der Waals surface area contributed by atoms with Crippen molar-refractivity contribution in [1.82, 2.24) is 10.1 Å². The Kier molecular flexibility index (Phi) is 7.23. The van der Waals surface area contributed by atoms with Crippen LogP contribution in [0, 0.1) is 0 Å². The van der Waals surface area contributed by atoms with Crippen molar-refractivity contribution >= 4 is 39.1 Å². The van der Waals surface area contributed by atoms with Crippen LogP contribution >= 0.6 is 0 Å². The fourth-order valence-electron chi connectivity index (χ4n) is 3.08. The number of hydrogen-bond donors (Lipinski definition) is 3. The van der Waals surface area contributed by atoms with Crippen molar-refractivity contribution in [2.75, 3.05) is 24.0 Å². The number of nitrogens with zero attached hydrogens (tertiary/aromatic N) is 1. The van der Waals surface area contributed by atoms with Crippen LogP contribution in [-0.4, -0.2) is 45.9 Å². The van der Waals surface area contributed by atoms with Gasteiger partial charge >= 0.3 is 0 Å². The van der Waals surface area contributed by atoms with Crippen molar-refractivity contribution in [3.63, 3.8) is 0 Å². The Morgan fingerprint density at radius 3 is 2.38 bits per heavy atom. The first-order valence-electron chi connectivity index (χ1n) is 9.85. The van der Waals surface area contributed by atoms with E-state index in [1.165, 1.54) is 43.5 Å². The largest absolute Gasteiger partial charge is 0.383 e. The molecule has 1 aliphatic heterocycles. The van der Waals surface area contributed by atoms with Crippen LogP contribution in [0.3, 0.4) is 0 Å². The molecule has 2 aromatic rings. The van der Waals surface area contributed by atoms with Crippen molar-refractivity contribution in [3.05, 3.63) is 54.1 Å². The molecule has 32 heavy (non-hydrogen) atoms. The molecule has 11 heteroatoms. The SMILES string of the molecule is COCC(C)NS(=O)(=O)c1ccc(NC(=O)c2ccc(N3NC(=O)CCC3=O)cc2)cc1. The van der Waals surface area contributed by atoms with Gasteiger partial charge < -0.3 is 10.1 Å². The number of ether oxygens (including phenoxy) is 1. The highest BCUT2D eigenvalue weighted by Crippen LogP contribution is 2.19. The standard InChI is InChI=1S/C21H24N4O6S/c1-14(13-31-2)24-32(29,30)18-9-5-16(6-10-18)22-21(28)15-3-7-17(8-4-15)25-20(27)12-11-19(26)23-25/h3-10,14,24H,11-13H2,1-2H3,(H,22,28)(H,23,26). The molecule has 1 atom stereocenters. The molecule has 2 aromatic carbocycles. The van der Waals surface area contributed by atoms with Crippen molar-refractivity contribution in [3.8, 4) is 0 Å². The summed E-state index contributed by atoms with van der Waals surface area (Å²) >= 11 is 0. The molecule has 1 fully saturated rings. The summed E-state index contributed by atoms with van der Waals surface area (Å²) in [5.41, 5.74) is 3.69. The number of carbonyl (C=O) groups excluding carboxylic acids is 3. The smallest absolute Gasteiger partial charge is 0.255 e. The van der Waals surface area contributed by atoms with Crippen LogP contribution in [0.5, 0.6) is 0 Å². The van der Waals surface area contributed by atoms with Crippen molar-refractivity contribution in [2.45, 2.75) is 30.7 Å². The number of rotatable bonds is 8. The van der Waals surface area contributed by atoms with Gasteiger partial charge in [0.25, 0.3) is 5.91 Å². The second kappa shape index (κ2) is 9.90. The van der Waals surface area contributed by atoms with Gasteiger partial charge in [-0.05, 0) is 55.5 Å². The Labute approximate surface area is 186 Å². The number of hydrazine groups is 1. The molecular formula is C21H24N4O6S. The predicted molar refractivity (Wildman–Crippen MR) is 117 cm³/mol. The van der Waals surface area contributed by atoms with Gasteiger partial charge in [0.2, 0.25) is 21.8 Å².